The van der Waals surface area contributed by atoms with Gasteiger partial charge in [0.1, 0.15) is 22.7 Å². The summed E-state index contributed by atoms with van der Waals surface area (Å²) in [6.45, 7) is 3.64. The number of carbonyl (C=O) groups is 1. The summed E-state index contributed by atoms with van der Waals surface area (Å²) in [6.07, 6.45) is 8.37. The van der Waals surface area contributed by atoms with Gasteiger partial charge in [-0.25, -0.2) is 13.9 Å². The third kappa shape index (κ3) is 2.47. The summed E-state index contributed by atoms with van der Waals surface area (Å²) < 4.78 is 19.2. The topological polar surface area (TPSA) is 55.4 Å². The number of aromatic nitrogens is 4. The lowest BCUT2D eigenvalue weighted by Crippen LogP contribution is -2.53. The molecule has 0 spiro atoms. The van der Waals surface area contributed by atoms with Crippen LogP contribution in [0.3, 0.4) is 0 Å². The fourth-order valence-corrected chi connectivity index (χ4v) is 7.02. The number of likely N-dealkylation sites (tertiary alicyclic amines) is 1. The van der Waals surface area contributed by atoms with Crippen LogP contribution in [-0.2, 0) is 6.54 Å². The van der Waals surface area contributed by atoms with E-state index in [4.69, 9.17) is 5.10 Å². The number of halogens is 1. The molecule has 172 valence electrons. The number of rotatable bonds is 4. The van der Waals surface area contributed by atoms with E-state index >= 15 is 4.39 Å². The summed E-state index contributed by atoms with van der Waals surface area (Å²) in [4.78, 5) is 20.0. The quantitative estimate of drug-likeness (QED) is 0.449. The Kier molecular flexibility index (Phi) is 3.64. The lowest BCUT2D eigenvalue weighted by atomic mass is 9.53. The number of hydrogen-bond donors (Lipinski definition) is 0. The summed E-state index contributed by atoms with van der Waals surface area (Å²) in [5, 5.41) is 5.89. The van der Waals surface area contributed by atoms with E-state index in [2.05, 4.69) is 21.7 Å². The number of pyridine rings is 2. The zero-order chi connectivity index (χ0) is 22.7. The first kappa shape index (κ1) is 19.1. The lowest BCUT2D eigenvalue weighted by molar-refractivity contribution is -0.0204. The molecule has 0 bridgehead atoms. The van der Waals surface area contributed by atoms with Crippen molar-refractivity contribution >= 4 is 22.5 Å². The minimum absolute atomic E-state index is 0.0552. The number of hydrogen-bond acceptors (Lipinski definition) is 3. The number of amides is 1. The second-order valence-electron chi connectivity index (χ2n) is 10.9. The van der Waals surface area contributed by atoms with Crippen molar-refractivity contribution in [3.8, 4) is 11.4 Å². The molecule has 3 unspecified atom stereocenters. The van der Waals surface area contributed by atoms with E-state index in [1.807, 2.05) is 24.1 Å². The molecule has 4 atom stereocenters. The van der Waals surface area contributed by atoms with Gasteiger partial charge in [-0.05, 0) is 80.5 Å². The van der Waals surface area contributed by atoms with Gasteiger partial charge >= 0.3 is 0 Å². The first-order valence-corrected chi connectivity index (χ1v) is 12.5. The fraction of sp³-hybridized carbons (Fsp3) is 0.444. The van der Waals surface area contributed by atoms with Crippen LogP contribution in [0.4, 0.5) is 4.39 Å². The van der Waals surface area contributed by atoms with Gasteiger partial charge in [-0.2, -0.15) is 5.10 Å². The monoisotopic (exact) mass is 455 g/mol. The fourth-order valence-electron chi connectivity index (χ4n) is 7.02. The van der Waals surface area contributed by atoms with Crippen LogP contribution in [0.1, 0.15) is 41.6 Å². The molecule has 1 saturated heterocycles. The Labute approximate surface area is 196 Å². The number of nitrogens with zero attached hydrogens (tertiary/aromatic N) is 5. The molecular weight excluding hydrogens is 429 g/mol. The Morgan fingerprint density at radius 1 is 1.21 bits per heavy atom. The van der Waals surface area contributed by atoms with Crippen LogP contribution in [0, 0.1) is 36.4 Å². The molecule has 0 N–H and O–H groups in total. The van der Waals surface area contributed by atoms with Crippen molar-refractivity contribution in [1.29, 1.82) is 0 Å². The molecular formula is C27H26FN5O. The Morgan fingerprint density at radius 2 is 2.09 bits per heavy atom. The van der Waals surface area contributed by atoms with Crippen molar-refractivity contribution in [3.05, 3.63) is 53.6 Å². The highest BCUT2D eigenvalue weighted by atomic mass is 19.1. The first-order chi connectivity index (χ1) is 16.6. The molecule has 0 radical (unpaired) electrons. The van der Waals surface area contributed by atoms with E-state index in [-0.39, 0.29) is 5.91 Å². The van der Waals surface area contributed by atoms with Crippen molar-refractivity contribution in [3.63, 3.8) is 0 Å². The van der Waals surface area contributed by atoms with Gasteiger partial charge in [0.2, 0.25) is 0 Å². The van der Waals surface area contributed by atoms with Crippen LogP contribution in [0.2, 0.25) is 0 Å². The van der Waals surface area contributed by atoms with Gasteiger partial charge < -0.3 is 9.47 Å². The molecule has 6 nitrogen and oxygen atoms in total. The number of aryl methyl sites for hydroxylation is 1. The van der Waals surface area contributed by atoms with Crippen LogP contribution in [-0.4, -0.2) is 42.6 Å². The van der Waals surface area contributed by atoms with Crippen molar-refractivity contribution in [2.24, 2.45) is 23.7 Å². The van der Waals surface area contributed by atoms with Crippen LogP contribution in [0.5, 0.6) is 0 Å². The van der Waals surface area contributed by atoms with Gasteiger partial charge in [0.05, 0.1) is 11.3 Å². The molecule has 1 amide bonds. The largest absolute Gasteiger partial charge is 0.335 e. The zero-order valence-electron chi connectivity index (χ0n) is 19.1. The van der Waals surface area contributed by atoms with Crippen molar-refractivity contribution in [2.75, 3.05) is 6.54 Å². The van der Waals surface area contributed by atoms with E-state index in [9.17, 15) is 4.79 Å². The summed E-state index contributed by atoms with van der Waals surface area (Å²) >= 11 is 0. The van der Waals surface area contributed by atoms with Gasteiger partial charge in [0.15, 0.2) is 0 Å². The number of fused-ring (bicyclic) bond motifs is 2. The van der Waals surface area contributed by atoms with Gasteiger partial charge in [-0.15, -0.1) is 0 Å². The lowest BCUT2D eigenvalue weighted by Gasteiger charge is -2.52. The van der Waals surface area contributed by atoms with Crippen molar-refractivity contribution in [1.82, 2.24) is 24.1 Å². The highest BCUT2D eigenvalue weighted by Crippen LogP contribution is 2.60. The number of carbonyl (C=O) groups excluding carboxylic acids is 1. The van der Waals surface area contributed by atoms with E-state index in [1.54, 1.807) is 10.7 Å². The van der Waals surface area contributed by atoms with Crippen LogP contribution in [0.25, 0.3) is 27.9 Å². The van der Waals surface area contributed by atoms with Crippen LogP contribution in [0.15, 0.2) is 36.7 Å². The molecule has 3 aliphatic carbocycles. The van der Waals surface area contributed by atoms with Gasteiger partial charge in [-0.1, -0.05) is 0 Å². The van der Waals surface area contributed by atoms with Gasteiger partial charge in [-0.3, -0.25) is 4.79 Å². The zero-order valence-corrected chi connectivity index (χ0v) is 19.1. The van der Waals surface area contributed by atoms with Gasteiger partial charge in [0, 0.05) is 42.5 Å². The molecule has 8 rings (SSSR count). The summed E-state index contributed by atoms with van der Waals surface area (Å²) in [6, 6.07) is 7.88. The molecule has 7 heteroatoms. The second-order valence-corrected chi connectivity index (χ2v) is 10.9. The minimum Gasteiger partial charge on any atom is -0.335 e. The standard InChI is InChI=1S/C27H26FN5O/c1-14-24(22-9-16-3-2-6-29-26(16)31(22)11-15-4-5-15)30-33-13-19(8-20(28)25(14)33)27(34)32-12-18-7-17-10-21(32)23(17)18/h2-3,6,8-9,13,15,17-18,21,23H,4-5,7,10-12H2,1H3/t17?,18?,21?,23-/m1/s1. The molecule has 0 aromatic carbocycles. The molecule has 1 aliphatic heterocycles. The summed E-state index contributed by atoms with van der Waals surface area (Å²) in [7, 11) is 0. The average molecular weight is 456 g/mol. The van der Waals surface area contributed by atoms with Crippen LogP contribution >= 0.6 is 0 Å². The van der Waals surface area contributed by atoms with Crippen molar-refractivity contribution in [2.45, 2.75) is 45.2 Å². The van der Waals surface area contributed by atoms with Crippen LogP contribution < -0.4 is 0 Å². The van der Waals surface area contributed by atoms with E-state index < -0.39 is 5.82 Å². The summed E-state index contributed by atoms with van der Waals surface area (Å²) in [5.41, 5.74) is 4.28. The highest BCUT2D eigenvalue weighted by Gasteiger charge is 2.61. The molecule has 34 heavy (non-hydrogen) atoms. The van der Waals surface area contributed by atoms with Gasteiger partial charge in [0.25, 0.3) is 5.91 Å². The predicted octanol–water partition coefficient (Wildman–Crippen LogP) is 4.69. The molecule has 4 fully saturated rings. The molecule has 4 aliphatic rings. The summed E-state index contributed by atoms with van der Waals surface area (Å²) in [5.74, 6) is 2.38. The van der Waals surface area contributed by atoms with Crippen molar-refractivity contribution < 1.29 is 9.18 Å². The molecule has 3 saturated carbocycles. The second kappa shape index (κ2) is 6.46. The maximum atomic E-state index is 15.4. The Hall–Kier alpha value is -3.22. The predicted molar refractivity (Wildman–Crippen MR) is 126 cm³/mol. The third-order valence-electron chi connectivity index (χ3n) is 8.97. The first-order valence-electron chi connectivity index (χ1n) is 12.5. The molecule has 4 aromatic rings. The maximum Gasteiger partial charge on any atom is 0.255 e. The minimum atomic E-state index is -0.390. The third-order valence-corrected chi connectivity index (χ3v) is 8.97. The smallest absolute Gasteiger partial charge is 0.255 e. The molecule has 4 aromatic heterocycles. The van der Waals surface area contributed by atoms with E-state index in [0.717, 1.165) is 53.4 Å². The molecule has 5 heterocycles. The maximum absolute atomic E-state index is 15.4. The highest BCUT2D eigenvalue weighted by molar-refractivity contribution is 5.95. The van der Waals surface area contributed by atoms with E-state index in [0.29, 0.717) is 34.9 Å². The Balaban J connectivity index is 1.23. The SMILES string of the molecule is Cc1c(-c2cc3cccnc3n2CC2CC2)nn2cc(C(=O)N3CC4CC5CC3[C@H]54)cc(F)c12. The average Bonchev–Trinajstić information content (AvgIpc) is 3.47. The Bertz CT molecular complexity index is 1510. The Morgan fingerprint density at radius 3 is 2.88 bits per heavy atom. The normalized spacial score (nSPS) is 27.2. The van der Waals surface area contributed by atoms with E-state index in [1.165, 1.54) is 25.3 Å².